The molecular weight excluding hydrogens is 611 g/mol. The van der Waals surface area contributed by atoms with Gasteiger partial charge in [-0.25, -0.2) is 0 Å². The molecule has 0 saturated carbocycles. The Morgan fingerprint density at radius 1 is 0.326 bits per heavy atom. The van der Waals surface area contributed by atoms with Crippen LogP contribution < -0.4 is 0 Å². The fourth-order valence-electron chi connectivity index (χ4n) is 2.94. The Balaban J connectivity index is 4.02. The van der Waals surface area contributed by atoms with E-state index >= 15 is 0 Å². The third kappa shape index (κ3) is 38.8. The third-order valence-electron chi connectivity index (χ3n) is 4.85. The molecule has 0 bridgehead atoms. The highest BCUT2D eigenvalue weighted by atomic mass is 32.2. The molecule has 0 spiro atoms. The Hall–Kier alpha value is 0.755. The normalized spacial score (nSPS) is 12.8. The molecule has 13 heteroatoms. The first kappa shape index (κ1) is 43.8. The predicted octanol–water partition coefficient (Wildman–Crippen LogP) is 5.72. The van der Waals surface area contributed by atoms with Gasteiger partial charge in [0.2, 0.25) is 0 Å². The quantitative estimate of drug-likeness (QED) is 0.0691. The minimum Gasteiger partial charge on any atom is -0.383 e. The van der Waals surface area contributed by atoms with Crippen molar-refractivity contribution < 1.29 is 42.4 Å². The van der Waals surface area contributed by atoms with E-state index in [1.54, 1.807) is 0 Å². The second-order valence-corrected chi connectivity index (χ2v) is 18.2. The lowest BCUT2D eigenvalue weighted by molar-refractivity contribution is -0.000620. The Bertz CT molecular complexity index is 522. The molecule has 0 atom stereocenters. The third-order valence-corrected chi connectivity index (χ3v) is 8.56. The lowest BCUT2D eigenvalue weighted by Gasteiger charge is -2.17. The monoisotopic (exact) mass is 674 g/mol. The van der Waals surface area contributed by atoms with Crippen molar-refractivity contribution >= 4 is 42.6 Å². The molecular formula is C30H63BO9S3. The van der Waals surface area contributed by atoms with Crippen LogP contribution in [0.5, 0.6) is 0 Å². The average molecular weight is 675 g/mol. The van der Waals surface area contributed by atoms with Gasteiger partial charge in [0, 0.05) is 31.5 Å². The van der Waals surface area contributed by atoms with Crippen molar-refractivity contribution in [1.82, 2.24) is 0 Å². The summed E-state index contributed by atoms with van der Waals surface area (Å²) in [5.41, 5.74) is 0. The number of hydrogen-bond acceptors (Lipinski definition) is 12. The fourth-order valence-corrected chi connectivity index (χ4v) is 5.38. The van der Waals surface area contributed by atoms with Crippen molar-refractivity contribution in [1.29, 1.82) is 0 Å². The largest absolute Gasteiger partial charge is 0.639 e. The molecule has 0 unspecified atom stereocenters. The maximum atomic E-state index is 5.74. The predicted molar refractivity (Wildman–Crippen MR) is 185 cm³/mol. The van der Waals surface area contributed by atoms with E-state index in [4.69, 9.17) is 42.4 Å². The van der Waals surface area contributed by atoms with Gasteiger partial charge in [-0.1, -0.05) is 62.3 Å². The van der Waals surface area contributed by atoms with Gasteiger partial charge in [0.05, 0.1) is 99.1 Å². The summed E-state index contributed by atoms with van der Waals surface area (Å²) < 4.78 is 51.7. The highest BCUT2D eigenvalue weighted by molar-refractivity contribution is 8.01. The summed E-state index contributed by atoms with van der Waals surface area (Å²) in [5.74, 6) is 2.93. The van der Waals surface area contributed by atoms with Gasteiger partial charge in [0.1, 0.15) is 0 Å². The molecule has 9 nitrogen and oxygen atoms in total. The van der Waals surface area contributed by atoms with E-state index in [0.717, 1.165) is 37.1 Å². The Morgan fingerprint density at radius 2 is 0.535 bits per heavy atom. The molecule has 0 heterocycles. The second kappa shape index (κ2) is 27.8. The van der Waals surface area contributed by atoms with Crippen LogP contribution in [0.2, 0.25) is 0 Å². The van der Waals surface area contributed by atoms with Crippen molar-refractivity contribution in [3.05, 3.63) is 0 Å². The zero-order valence-corrected chi connectivity index (χ0v) is 31.2. The van der Waals surface area contributed by atoms with Crippen LogP contribution in [0.1, 0.15) is 62.3 Å². The molecule has 0 radical (unpaired) electrons. The van der Waals surface area contributed by atoms with Gasteiger partial charge in [-0.2, -0.15) is 35.3 Å². The number of hydrogen-bond donors (Lipinski definition) is 0. The van der Waals surface area contributed by atoms with Gasteiger partial charge in [0.25, 0.3) is 0 Å². The van der Waals surface area contributed by atoms with Crippen molar-refractivity contribution in [2.75, 3.05) is 116 Å². The minimum absolute atomic E-state index is 0.259. The molecule has 0 aromatic carbocycles. The number of ether oxygens (including phenoxy) is 6. The SMILES string of the molecule is CC(C)(C)SCCOCCOCCOB(OCCOCCOCCSC(C)(C)C)OCCOCCOCCSC(C)(C)C. The average Bonchev–Trinajstić information content (AvgIpc) is 2.89. The molecule has 0 N–H and O–H groups in total. The second-order valence-electron chi connectivity index (χ2n) is 12.5. The highest BCUT2D eigenvalue weighted by Gasteiger charge is 2.21. The molecule has 0 fully saturated rings. The molecule has 0 saturated heterocycles. The minimum atomic E-state index is -0.821. The lowest BCUT2D eigenvalue weighted by Crippen LogP contribution is -2.32. The summed E-state index contributed by atoms with van der Waals surface area (Å²) in [6.07, 6.45) is 0. The first-order chi connectivity index (χ1) is 20.3. The summed E-state index contributed by atoms with van der Waals surface area (Å²) in [6, 6.07) is 0. The molecule has 0 aromatic heterocycles. The van der Waals surface area contributed by atoms with E-state index in [2.05, 4.69) is 62.3 Å². The van der Waals surface area contributed by atoms with Gasteiger partial charge < -0.3 is 42.4 Å². The lowest BCUT2D eigenvalue weighted by atomic mass is 10.2. The van der Waals surface area contributed by atoms with Crippen molar-refractivity contribution in [3.63, 3.8) is 0 Å². The number of rotatable bonds is 30. The van der Waals surface area contributed by atoms with Crippen LogP contribution >= 0.6 is 35.3 Å². The van der Waals surface area contributed by atoms with Crippen molar-refractivity contribution in [2.24, 2.45) is 0 Å². The molecule has 43 heavy (non-hydrogen) atoms. The molecule has 0 aromatic rings. The molecule has 0 aliphatic rings. The first-order valence-corrected chi connectivity index (χ1v) is 18.5. The Morgan fingerprint density at radius 3 is 0.767 bits per heavy atom. The van der Waals surface area contributed by atoms with E-state index < -0.39 is 7.32 Å². The zero-order valence-electron chi connectivity index (χ0n) is 28.7. The molecule has 0 amide bonds. The molecule has 0 aliphatic carbocycles. The Kier molecular flexibility index (Phi) is 28.3. The zero-order chi connectivity index (χ0) is 32.3. The topological polar surface area (TPSA) is 83.1 Å². The van der Waals surface area contributed by atoms with E-state index in [1.807, 2.05) is 35.3 Å². The van der Waals surface area contributed by atoms with E-state index in [1.165, 1.54) is 0 Å². The van der Waals surface area contributed by atoms with E-state index in [9.17, 15) is 0 Å². The highest BCUT2D eigenvalue weighted by Crippen LogP contribution is 2.23. The van der Waals surface area contributed by atoms with Gasteiger partial charge in [-0.05, 0) is 0 Å². The van der Waals surface area contributed by atoms with Crippen LogP contribution in [0.3, 0.4) is 0 Å². The summed E-state index contributed by atoms with van der Waals surface area (Å²) in [5, 5.41) is 0. The number of thioether (sulfide) groups is 3. The molecule has 0 aliphatic heterocycles. The van der Waals surface area contributed by atoms with Crippen molar-refractivity contribution in [3.8, 4) is 0 Å². The Labute approximate surface area is 277 Å². The maximum Gasteiger partial charge on any atom is 0.639 e. The van der Waals surface area contributed by atoms with Crippen LogP contribution in [0, 0.1) is 0 Å². The van der Waals surface area contributed by atoms with Gasteiger partial charge in [-0.15, -0.1) is 0 Å². The summed E-state index contributed by atoms with van der Waals surface area (Å²) in [6.45, 7) is 27.6. The van der Waals surface area contributed by atoms with Crippen LogP contribution in [-0.4, -0.2) is 138 Å². The van der Waals surface area contributed by atoms with Gasteiger partial charge >= 0.3 is 7.32 Å². The van der Waals surface area contributed by atoms with E-state index in [-0.39, 0.29) is 14.2 Å². The summed E-state index contributed by atoms with van der Waals surface area (Å²) in [7, 11) is -0.821. The van der Waals surface area contributed by atoms with E-state index in [0.29, 0.717) is 79.3 Å². The maximum absolute atomic E-state index is 5.74. The van der Waals surface area contributed by atoms with Crippen molar-refractivity contribution in [2.45, 2.75) is 76.6 Å². The standard InChI is InChI=1S/C30H63BO9S3/c1-28(2,3)41-25-22-35-13-10-32-16-19-38-31(39-20-17-33-11-14-36-23-26-42-29(4,5)6)40-21-18-34-12-15-37-24-27-43-30(7,8)9/h10-27H2,1-9H3. The fraction of sp³-hybridized carbons (Fsp3) is 1.00. The van der Waals surface area contributed by atoms with Gasteiger partial charge in [0.15, 0.2) is 0 Å². The van der Waals surface area contributed by atoms with Gasteiger partial charge in [-0.3, -0.25) is 0 Å². The molecule has 258 valence electrons. The molecule has 0 rings (SSSR count). The van der Waals surface area contributed by atoms with Crippen LogP contribution in [0.25, 0.3) is 0 Å². The van der Waals surface area contributed by atoms with Crippen LogP contribution in [0.4, 0.5) is 0 Å². The first-order valence-electron chi connectivity index (χ1n) is 15.5. The van der Waals surface area contributed by atoms with Crippen LogP contribution in [-0.2, 0) is 42.4 Å². The summed E-state index contributed by atoms with van der Waals surface area (Å²) >= 11 is 5.68. The van der Waals surface area contributed by atoms with Crippen LogP contribution in [0.15, 0.2) is 0 Å². The summed E-state index contributed by atoms with van der Waals surface area (Å²) in [4.78, 5) is 0. The smallest absolute Gasteiger partial charge is 0.383 e.